The third-order valence-corrected chi connectivity index (χ3v) is 2.70. The van der Waals surface area contributed by atoms with Gasteiger partial charge in [0.2, 0.25) is 5.95 Å². The van der Waals surface area contributed by atoms with E-state index in [0.717, 1.165) is 37.4 Å². The summed E-state index contributed by atoms with van der Waals surface area (Å²) in [6.45, 7) is 6.60. The van der Waals surface area contributed by atoms with Gasteiger partial charge in [-0.1, -0.05) is 6.92 Å². The number of nitrogens with zero attached hydrogens (tertiary/aromatic N) is 4. The molecule has 0 aromatic carbocycles. The third kappa shape index (κ3) is 3.94. The van der Waals surface area contributed by atoms with Crippen LogP contribution in [0.3, 0.4) is 0 Å². The molecule has 6 nitrogen and oxygen atoms in total. The maximum Gasteiger partial charge on any atom is 0.224 e. The lowest BCUT2D eigenvalue weighted by atomic mass is 10.3. The SMILES string of the molecule is CCCNc1ncc(C)c(NCCn2cccn2)n1. The Bertz CT molecular complexity index is 494. The third-order valence-electron chi connectivity index (χ3n) is 2.70. The molecule has 0 aliphatic rings. The number of hydrogen-bond donors (Lipinski definition) is 2. The zero-order valence-corrected chi connectivity index (χ0v) is 11.4. The van der Waals surface area contributed by atoms with E-state index in [2.05, 4.69) is 32.6 Å². The van der Waals surface area contributed by atoms with Gasteiger partial charge in [0.25, 0.3) is 0 Å². The maximum absolute atomic E-state index is 4.47. The summed E-state index contributed by atoms with van der Waals surface area (Å²) in [6.07, 6.45) is 6.62. The molecule has 0 atom stereocenters. The van der Waals surface area contributed by atoms with Gasteiger partial charge in [-0.3, -0.25) is 4.68 Å². The second kappa shape index (κ2) is 6.72. The molecule has 0 saturated heterocycles. The fourth-order valence-electron chi connectivity index (χ4n) is 1.66. The number of rotatable bonds is 7. The summed E-state index contributed by atoms with van der Waals surface area (Å²) < 4.78 is 1.89. The van der Waals surface area contributed by atoms with E-state index < -0.39 is 0 Å². The van der Waals surface area contributed by atoms with Crippen LogP contribution < -0.4 is 10.6 Å². The van der Waals surface area contributed by atoms with Gasteiger partial charge in [0.05, 0.1) is 6.54 Å². The molecule has 2 aromatic heterocycles. The largest absolute Gasteiger partial charge is 0.368 e. The second-order valence-corrected chi connectivity index (χ2v) is 4.35. The van der Waals surface area contributed by atoms with Crippen molar-refractivity contribution in [3.63, 3.8) is 0 Å². The van der Waals surface area contributed by atoms with Crippen molar-refractivity contribution in [2.45, 2.75) is 26.8 Å². The molecule has 2 rings (SSSR count). The van der Waals surface area contributed by atoms with Crippen LogP contribution >= 0.6 is 0 Å². The molecule has 0 spiro atoms. The van der Waals surface area contributed by atoms with Gasteiger partial charge in [-0.25, -0.2) is 4.98 Å². The van der Waals surface area contributed by atoms with Crippen LogP contribution in [0.4, 0.5) is 11.8 Å². The number of hydrogen-bond acceptors (Lipinski definition) is 5. The highest BCUT2D eigenvalue weighted by molar-refractivity contribution is 5.46. The zero-order valence-electron chi connectivity index (χ0n) is 11.4. The average Bonchev–Trinajstić information content (AvgIpc) is 2.92. The van der Waals surface area contributed by atoms with Crippen LogP contribution in [0.15, 0.2) is 24.7 Å². The minimum atomic E-state index is 0.675. The minimum absolute atomic E-state index is 0.675. The van der Waals surface area contributed by atoms with Gasteiger partial charge in [0.1, 0.15) is 5.82 Å². The van der Waals surface area contributed by atoms with Crippen molar-refractivity contribution in [3.8, 4) is 0 Å². The van der Waals surface area contributed by atoms with Gasteiger partial charge in [0.15, 0.2) is 0 Å². The second-order valence-electron chi connectivity index (χ2n) is 4.35. The first-order chi connectivity index (χ1) is 9.29. The molecule has 2 heterocycles. The topological polar surface area (TPSA) is 67.7 Å². The molecule has 0 bridgehead atoms. The highest BCUT2D eigenvalue weighted by Crippen LogP contribution is 2.12. The van der Waals surface area contributed by atoms with Gasteiger partial charge >= 0.3 is 0 Å². The van der Waals surface area contributed by atoms with Gasteiger partial charge < -0.3 is 10.6 Å². The van der Waals surface area contributed by atoms with Crippen LogP contribution in [0.5, 0.6) is 0 Å². The molecule has 0 fully saturated rings. The maximum atomic E-state index is 4.47. The van der Waals surface area contributed by atoms with E-state index in [9.17, 15) is 0 Å². The summed E-state index contributed by atoms with van der Waals surface area (Å²) in [5.41, 5.74) is 1.04. The molecule has 19 heavy (non-hydrogen) atoms. The first-order valence-corrected chi connectivity index (χ1v) is 6.58. The van der Waals surface area contributed by atoms with E-state index >= 15 is 0 Å². The van der Waals surface area contributed by atoms with Gasteiger partial charge in [-0.05, 0) is 19.4 Å². The Hall–Kier alpha value is -2.11. The summed E-state index contributed by atoms with van der Waals surface area (Å²) in [5, 5.41) is 10.7. The lowest BCUT2D eigenvalue weighted by Gasteiger charge is -2.10. The standard InChI is InChI=1S/C13H20N6/c1-3-5-15-13-16-10-11(2)12(18-13)14-7-9-19-8-4-6-17-19/h4,6,8,10H,3,5,7,9H2,1-2H3,(H2,14,15,16,18). The summed E-state index contributed by atoms with van der Waals surface area (Å²) in [4.78, 5) is 8.72. The van der Waals surface area contributed by atoms with Crippen molar-refractivity contribution >= 4 is 11.8 Å². The van der Waals surface area contributed by atoms with Crippen molar-refractivity contribution in [1.29, 1.82) is 0 Å². The number of anilines is 2. The van der Waals surface area contributed by atoms with Gasteiger partial charge in [0, 0.05) is 37.2 Å². The van der Waals surface area contributed by atoms with Crippen molar-refractivity contribution < 1.29 is 0 Å². The summed E-state index contributed by atoms with van der Waals surface area (Å²) in [7, 11) is 0. The monoisotopic (exact) mass is 260 g/mol. The summed E-state index contributed by atoms with van der Waals surface area (Å²) in [5.74, 6) is 1.55. The van der Waals surface area contributed by atoms with Crippen molar-refractivity contribution in [2.24, 2.45) is 0 Å². The van der Waals surface area contributed by atoms with Crippen molar-refractivity contribution in [3.05, 3.63) is 30.2 Å². The Kier molecular flexibility index (Phi) is 4.72. The van der Waals surface area contributed by atoms with E-state index in [-0.39, 0.29) is 0 Å². The molecule has 6 heteroatoms. The fraction of sp³-hybridized carbons (Fsp3) is 0.462. The Balaban J connectivity index is 1.90. The molecular weight excluding hydrogens is 240 g/mol. The molecule has 0 unspecified atom stereocenters. The van der Waals surface area contributed by atoms with Crippen LogP contribution in [0.2, 0.25) is 0 Å². The fourth-order valence-corrected chi connectivity index (χ4v) is 1.66. The van der Waals surface area contributed by atoms with Crippen LogP contribution in [0.25, 0.3) is 0 Å². The Morgan fingerprint density at radius 3 is 2.89 bits per heavy atom. The molecule has 102 valence electrons. The van der Waals surface area contributed by atoms with Gasteiger partial charge in [-0.15, -0.1) is 0 Å². The van der Waals surface area contributed by atoms with Crippen molar-refractivity contribution in [2.75, 3.05) is 23.7 Å². The predicted octanol–water partition coefficient (Wildman–Crippen LogP) is 1.92. The molecule has 0 amide bonds. The van der Waals surface area contributed by atoms with E-state index in [4.69, 9.17) is 0 Å². The van der Waals surface area contributed by atoms with Crippen LogP contribution in [0.1, 0.15) is 18.9 Å². The zero-order chi connectivity index (χ0) is 13.5. The number of aryl methyl sites for hydroxylation is 1. The van der Waals surface area contributed by atoms with E-state index in [1.165, 1.54) is 0 Å². The van der Waals surface area contributed by atoms with Crippen molar-refractivity contribution in [1.82, 2.24) is 19.7 Å². The number of nitrogens with one attached hydrogen (secondary N) is 2. The Morgan fingerprint density at radius 1 is 1.26 bits per heavy atom. The molecule has 0 aliphatic carbocycles. The predicted molar refractivity (Wildman–Crippen MR) is 76.3 cm³/mol. The van der Waals surface area contributed by atoms with Crippen LogP contribution in [0, 0.1) is 6.92 Å². The molecule has 0 radical (unpaired) electrons. The van der Waals surface area contributed by atoms with Gasteiger partial charge in [-0.2, -0.15) is 10.1 Å². The normalized spacial score (nSPS) is 10.4. The Labute approximate surface area is 113 Å². The lowest BCUT2D eigenvalue weighted by molar-refractivity contribution is 0.637. The van der Waals surface area contributed by atoms with E-state index in [1.807, 2.05) is 30.1 Å². The summed E-state index contributed by atoms with van der Waals surface area (Å²) >= 11 is 0. The van der Waals surface area contributed by atoms with E-state index in [1.54, 1.807) is 6.20 Å². The number of aromatic nitrogens is 4. The Morgan fingerprint density at radius 2 is 2.16 bits per heavy atom. The molecular formula is C13H20N6. The molecule has 0 aliphatic heterocycles. The van der Waals surface area contributed by atoms with Crippen LogP contribution in [-0.2, 0) is 6.54 Å². The molecule has 2 N–H and O–H groups in total. The lowest BCUT2D eigenvalue weighted by Crippen LogP contribution is -2.14. The quantitative estimate of drug-likeness (QED) is 0.796. The minimum Gasteiger partial charge on any atom is -0.368 e. The first-order valence-electron chi connectivity index (χ1n) is 6.58. The first kappa shape index (κ1) is 13.3. The van der Waals surface area contributed by atoms with E-state index in [0.29, 0.717) is 5.95 Å². The van der Waals surface area contributed by atoms with Crippen LogP contribution in [-0.4, -0.2) is 32.8 Å². The smallest absolute Gasteiger partial charge is 0.224 e. The molecule has 2 aromatic rings. The highest BCUT2D eigenvalue weighted by Gasteiger charge is 2.02. The molecule has 0 saturated carbocycles. The highest BCUT2D eigenvalue weighted by atomic mass is 15.3. The summed E-state index contributed by atoms with van der Waals surface area (Å²) in [6, 6.07) is 1.92. The average molecular weight is 260 g/mol.